The standard InChI is InChI=1S/C20H30N4O3.HI/c1-6-21-19(23-12-16-8-9-22-18(11-16)26-7-2)24-13-20(5,25)17-10-14(3)27-15(17)4;/h8-11,25H,6-7,12-13H2,1-5H3,(H2,21,23,24);1H. The molecule has 0 bridgehead atoms. The number of furan rings is 1. The molecule has 0 aliphatic heterocycles. The van der Waals surface area contributed by atoms with Crippen molar-refractivity contribution in [3.05, 3.63) is 47.0 Å². The van der Waals surface area contributed by atoms with Gasteiger partial charge < -0.3 is 24.9 Å². The smallest absolute Gasteiger partial charge is 0.213 e. The highest BCUT2D eigenvalue weighted by Gasteiger charge is 2.27. The number of aliphatic imine (C=N–C) groups is 1. The zero-order valence-corrected chi connectivity index (χ0v) is 19.5. The van der Waals surface area contributed by atoms with Gasteiger partial charge in [-0.05, 0) is 52.3 Å². The van der Waals surface area contributed by atoms with Gasteiger partial charge in [-0.1, -0.05) is 0 Å². The SMILES string of the molecule is CCNC(=NCc1ccnc(OCC)c1)NCC(C)(O)c1cc(C)oc1C.I. The summed E-state index contributed by atoms with van der Waals surface area (Å²) in [7, 11) is 0. The minimum absolute atomic E-state index is 0. The molecule has 2 aromatic rings. The molecule has 0 aliphatic rings. The van der Waals surface area contributed by atoms with Crippen molar-refractivity contribution in [3.8, 4) is 5.88 Å². The fourth-order valence-corrected chi connectivity index (χ4v) is 2.80. The van der Waals surface area contributed by atoms with E-state index in [-0.39, 0.29) is 24.0 Å². The lowest BCUT2D eigenvalue weighted by Gasteiger charge is -2.24. The molecule has 2 heterocycles. The van der Waals surface area contributed by atoms with Gasteiger partial charge in [-0.3, -0.25) is 0 Å². The normalized spacial score (nSPS) is 13.4. The Kier molecular flexibility index (Phi) is 9.74. The average Bonchev–Trinajstić information content (AvgIpc) is 2.97. The van der Waals surface area contributed by atoms with Crippen LogP contribution in [0.5, 0.6) is 5.88 Å². The Labute approximate surface area is 184 Å². The third kappa shape index (κ3) is 6.97. The predicted molar refractivity (Wildman–Crippen MR) is 121 cm³/mol. The summed E-state index contributed by atoms with van der Waals surface area (Å²) < 4.78 is 11.0. The first-order chi connectivity index (χ1) is 12.9. The van der Waals surface area contributed by atoms with Gasteiger partial charge in [0.05, 0.1) is 19.7 Å². The van der Waals surface area contributed by atoms with Gasteiger partial charge in [0.15, 0.2) is 5.96 Å². The van der Waals surface area contributed by atoms with Crippen molar-refractivity contribution < 1.29 is 14.3 Å². The van der Waals surface area contributed by atoms with E-state index in [9.17, 15) is 5.11 Å². The lowest BCUT2D eigenvalue weighted by Crippen LogP contribution is -2.44. The van der Waals surface area contributed by atoms with Crippen LogP contribution in [-0.2, 0) is 12.1 Å². The number of hydrogen-bond donors (Lipinski definition) is 3. The van der Waals surface area contributed by atoms with Gasteiger partial charge in [0, 0.05) is 24.4 Å². The van der Waals surface area contributed by atoms with Crippen molar-refractivity contribution in [1.82, 2.24) is 15.6 Å². The molecule has 0 aliphatic carbocycles. The lowest BCUT2D eigenvalue weighted by atomic mass is 9.96. The fourth-order valence-electron chi connectivity index (χ4n) is 2.80. The molecule has 0 saturated heterocycles. The first kappa shape index (κ1) is 24.2. The third-order valence-corrected chi connectivity index (χ3v) is 4.08. The van der Waals surface area contributed by atoms with E-state index in [2.05, 4.69) is 20.6 Å². The number of rotatable bonds is 8. The minimum atomic E-state index is -1.07. The van der Waals surface area contributed by atoms with Gasteiger partial charge in [0.1, 0.15) is 17.1 Å². The summed E-state index contributed by atoms with van der Waals surface area (Å²) in [6, 6.07) is 5.65. The summed E-state index contributed by atoms with van der Waals surface area (Å²) in [5, 5.41) is 17.2. The van der Waals surface area contributed by atoms with Crippen LogP contribution in [0.1, 0.15) is 43.4 Å². The second-order valence-corrected chi connectivity index (χ2v) is 6.58. The summed E-state index contributed by atoms with van der Waals surface area (Å²) in [6.07, 6.45) is 1.71. The number of aryl methyl sites for hydroxylation is 2. The van der Waals surface area contributed by atoms with Crippen LogP contribution in [-0.4, -0.2) is 35.7 Å². The van der Waals surface area contributed by atoms with Gasteiger partial charge in [0.25, 0.3) is 0 Å². The molecule has 0 aromatic carbocycles. The molecule has 0 fully saturated rings. The number of aromatic nitrogens is 1. The van der Waals surface area contributed by atoms with E-state index in [0.29, 0.717) is 31.5 Å². The van der Waals surface area contributed by atoms with Crippen molar-refractivity contribution in [1.29, 1.82) is 0 Å². The molecule has 8 heteroatoms. The number of hydrogen-bond acceptors (Lipinski definition) is 5. The number of ether oxygens (including phenoxy) is 1. The Morgan fingerprint density at radius 3 is 2.64 bits per heavy atom. The molecular weight excluding hydrogens is 471 g/mol. The molecule has 156 valence electrons. The minimum Gasteiger partial charge on any atom is -0.478 e. The number of pyridine rings is 1. The molecule has 1 unspecified atom stereocenters. The number of guanidine groups is 1. The second kappa shape index (κ2) is 11.3. The zero-order valence-electron chi connectivity index (χ0n) is 17.2. The van der Waals surface area contributed by atoms with Crippen LogP contribution in [0, 0.1) is 13.8 Å². The van der Waals surface area contributed by atoms with Gasteiger partial charge in [-0.2, -0.15) is 0 Å². The van der Waals surface area contributed by atoms with E-state index < -0.39 is 5.60 Å². The van der Waals surface area contributed by atoms with Crippen LogP contribution in [0.15, 0.2) is 33.8 Å². The summed E-state index contributed by atoms with van der Waals surface area (Å²) in [5.74, 6) is 2.73. The van der Waals surface area contributed by atoms with Crippen LogP contribution in [0.4, 0.5) is 0 Å². The monoisotopic (exact) mass is 502 g/mol. The summed E-state index contributed by atoms with van der Waals surface area (Å²) in [5.41, 5.74) is 0.703. The van der Waals surface area contributed by atoms with Gasteiger partial charge in [0.2, 0.25) is 5.88 Å². The summed E-state index contributed by atoms with van der Waals surface area (Å²) >= 11 is 0. The molecule has 7 nitrogen and oxygen atoms in total. The van der Waals surface area contributed by atoms with Crippen LogP contribution in [0.25, 0.3) is 0 Å². The molecule has 0 amide bonds. The molecule has 0 radical (unpaired) electrons. The Morgan fingerprint density at radius 2 is 2.04 bits per heavy atom. The van der Waals surface area contributed by atoms with Crippen LogP contribution in [0.3, 0.4) is 0 Å². The molecule has 0 saturated carbocycles. The summed E-state index contributed by atoms with van der Waals surface area (Å²) in [6.45, 7) is 11.5. The molecule has 0 spiro atoms. The molecule has 1 atom stereocenters. The number of nitrogens with zero attached hydrogens (tertiary/aromatic N) is 2. The highest BCUT2D eigenvalue weighted by molar-refractivity contribution is 14.0. The first-order valence-corrected chi connectivity index (χ1v) is 9.25. The maximum Gasteiger partial charge on any atom is 0.213 e. The average molecular weight is 502 g/mol. The largest absolute Gasteiger partial charge is 0.478 e. The van der Waals surface area contributed by atoms with Crippen LogP contribution >= 0.6 is 24.0 Å². The quantitative estimate of drug-likeness (QED) is 0.292. The predicted octanol–water partition coefficient (Wildman–Crippen LogP) is 3.27. The van der Waals surface area contributed by atoms with Gasteiger partial charge >= 0.3 is 0 Å². The van der Waals surface area contributed by atoms with Crippen molar-refractivity contribution >= 4 is 29.9 Å². The van der Waals surface area contributed by atoms with Crippen molar-refractivity contribution in [2.45, 2.75) is 46.8 Å². The van der Waals surface area contributed by atoms with Gasteiger partial charge in [-0.25, -0.2) is 9.98 Å². The maximum atomic E-state index is 10.8. The van der Waals surface area contributed by atoms with Crippen LogP contribution < -0.4 is 15.4 Å². The number of aliphatic hydroxyl groups is 1. The number of halogens is 1. The highest BCUT2D eigenvalue weighted by atomic mass is 127. The van der Waals surface area contributed by atoms with E-state index >= 15 is 0 Å². The van der Waals surface area contributed by atoms with Crippen molar-refractivity contribution in [2.24, 2.45) is 4.99 Å². The molecule has 2 aromatic heterocycles. The van der Waals surface area contributed by atoms with Crippen molar-refractivity contribution in [3.63, 3.8) is 0 Å². The van der Waals surface area contributed by atoms with E-state index in [1.165, 1.54) is 0 Å². The molecular formula is C20H31IN4O3. The van der Waals surface area contributed by atoms with E-state index in [4.69, 9.17) is 9.15 Å². The Balaban J connectivity index is 0.00000392. The Morgan fingerprint density at radius 1 is 1.29 bits per heavy atom. The Hall–Kier alpha value is -1.81. The number of nitrogens with one attached hydrogen (secondary N) is 2. The zero-order chi connectivity index (χ0) is 19.9. The lowest BCUT2D eigenvalue weighted by molar-refractivity contribution is 0.0601. The second-order valence-electron chi connectivity index (χ2n) is 6.58. The summed E-state index contributed by atoms with van der Waals surface area (Å²) in [4.78, 5) is 8.75. The molecule has 2 rings (SSSR count). The van der Waals surface area contributed by atoms with E-state index in [0.717, 1.165) is 29.2 Å². The highest BCUT2D eigenvalue weighted by Crippen LogP contribution is 2.26. The first-order valence-electron chi connectivity index (χ1n) is 9.25. The molecule has 28 heavy (non-hydrogen) atoms. The topological polar surface area (TPSA) is 91.9 Å². The fraction of sp³-hybridized carbons (Fsp3) is 0.500. The van der Waals surface area contributed by atoms with E-state index in [1.807, 2.05) is 45.9 Å². The van der Waals surface area contributed by atoms with E-state index in [1.54, 1.807) is 13.1 Å². The van der Waals surface area contributed by atoms with Crippen molar-refractivity contribution in [2.75, 3.05) is 19.7 Å². The maximum absolute atomic E-state index is 10.8. The molecule has 3 N–H and O–H groups in total. The van der Waals surface area contributed by atoms with Crippen LogP contribution in [0.2, 0.25) is 0 Å². The van der Waals surface area contributed by atoms with Gasteiger partial charge in [-0.15, -0.1) is 24.0 Å². The third-order valence-electron chi connectivity index (χ3n) is 4.08. The Bertz CT molecular complexity index is 775.